The van der Waals surface area contributed by atoms with Gasteiger partial charge in [-0.15, -0.1) is 0 Å². The van der Waals surface area contributed by atoms with Crippen molar-refractivity contribution >= 4 is 0 Å². The molecule has 0 saturated carbocycles. The lowest BCUT2D eigenvalue weighted by molar-refractivity contribution is 0.0919. The molecule has 1 atom stereocenters. The molecule has 0 aromatic rings. The third-order valence-electron chi connectivity index (χ3n) is 3.76. The first-order chi connectivity index (χ1) is 7.77. The van der Waals surface area contributed by atoms with Crippen LogP contribution in [0, 0.1) is 0 Å². The van der Waals surface area contributed by atoms with Gasteiger partial charge in [0.25, 0.3) is 0 Å². The molecule has 1 heterocycles. The standard InChI is InChI=1S/C13H29N3/c1-3-13-12-16(11-10-15(13)2)9-7-5-4-6-8-14/h13H,3-12,14H2,1-2H3. The zero-order valence-corrected chi connectivity index (χ0v) is 11.1. The van der Waals surface area contributed by atoms with Crippen molar-refractivity contribution in [2.24, 2.45) is 5.73 Å². The molecule has 0 radical (unpaired) electrons. The van der Waals surface area contributed by atoms with E-state index in [9.17, 15) is 0 Å². The fraction of sp³-hybridized carbons (Fsp3) is 1.00. The van der Waals surface area contributed by atoms with Gasteiger partial charge in [0.1, 0.15) is 0 Å². The molecule has 0 amide bonds. The summed E-state index contributed by atoms with van der Waals surface area (Å²) in [6.07, 6.45) is 6.47. The molecule has 1 fully saturated rings. The predicted molar refractivity (Wildman–Crippen MR) is 70.7 cm³/mol. The van der Waals surface area contributed by atoms with Crippen LogP contribution in [-0.4, -0.2) is 55.6 Å². The molecule has 2 N–H and O–H groups in total. The number of hydrogen-bond donors (Lipinski definition) is 1. The van der Waals surface area contributed by atoms with Gasteiger partial charge in [-0.1, -0.05) is 19.8 Å². The van der Waals surface area contributed by atoms with Gasteiger partial charge < -0.3 is 15.5 Å². The summed E-state index contributed by atoms with van der Waals surface area (Å²) in [7, 11) is 2.26. The minimum Gasteiger partial charge on any atom is -0.330 e. The minimum absolute atomic E-state index is 0.776. The molecule has 1 aliphatic heterocycles. The molecule has 1 unspecified atom stereocenters. The monoisotopic (exact) mass is 227 g/mol. The highest BCUT2D eigenvalue weighted by Crippen LogP contribution is 2.11. The quantitative estimate of drug-likeness (QED) is 0.670. The molecular formula is C13H29N3. The third kappa shape index (κ3) is 4.81. The summed E-state index contributed by atoms with van der Waals surface area (Å²) in [6, 6.07) is 0.776. The maximum absolute atomic E-state index is 5.49. The van der Waals surface area contributed by atoms with Gasteiger partial charge >= 0.3 is 0 Å². The van der Waals surface area contributed by atoms with Gasteiger partial charge in [-0.3, -0.25) is 0 Å². The van der Waals surface area contributed by atoms with Crippen LogP contribution < -0.4 is 5.73 Å². The molecule has 3 nitrogen and oxygen atoms in total. The Kier molecular flexibility index (Phi) is 7.01. The molecule has 0 bridgehead atoms. The van der Waals surface area contributed by atoms with E-state index in [0.717, 1.165) is 12.6 Å². The van der Waals surface area contributed by atoms with E-state index in [1.807, 2.05) is 0 Å². The Bertz CT molecular complexity index is 173. The number of nitrogens with two attached hydrogens (primary N) is 1. The van der Waals surface area contributed by atoms with Gasteiger partial charge in [0.15, 0.2) is 0 Å². The lowest BCUT2D eigenvalue weighted by Crippen LogP contribution is -2.51. The largest absolute Gasteiger partial charge is 0.330 e. The lowest BCUT2D eigenvalue weighted by atomic mass is 10.1. The average Bonchev–Trinajstić information content (AvgIpc) is 2.31. The summed E-state index contributed by atoms with van der Waals surface area (Å²) in [5, 5.41) is 0. The Morgan fingerprint density at radius 2 is 1.88 bits per heavy atom. The highest BCUT2D eigenvalue weighted by atomic mass is 15.3. The highest BCUT2D eigenvalue weighted by Gasteiger charge is 2.21. The van der Waals surface area contributed by atoms with Crippen LogP contribution in [0.3, 0.4) is 0 Å². The minimum atomic E-state index is 0.776. The van der Waals surface area contributed by atoms with Crippen molar-refractivity contribution in [1.29, 1.82) is 0 Å². The van der Waals surface area contributed by atoms with Crippen molar-refractivity contribution in [3.63, 3.8) is 0 Å². The van der Waals surface area contributed by atoms with E-state index in [-0.39, 0.29) is 0 Å². The van der Waals surface area contributed by atoms with Crippen molar-refractivity contribution in [3.8, 4) is 0 Å². The van der Waals surface area contributed by atoms with Gasteiger partial charge in [-0.05, 0) is 39.4 Å². The average molecular weight is 227 g/mol. The van der Waals surface area contributed by atoms with Crippen LogP contribution in [0.15, 0.2) is 0 Å². The van der Waals surface area contributed by atoms with Crippen LogP contribution in [0.2, 0.25) is 0 Å². The van der Waals surface area contributed by atoms with E-state index >= 15 is 0 Å². The second-order valence-electron chi connectivity index (χ2n) is 5.05. The summed E-state index contributed by atoms with van der Waals surface area (Å²) in [6.45, 7) is 8.20. The molecule has 0 aliphatic carbocycles. The van der Waals surface area contributed by atoms with Crippen LogP contribution in [0.1, 0.15) is 39.0 Å². The Labute approximate surface area is 101 Å². The maximum atomic E-state index is 5.49. The first kappa shape index (κ1) is 13.9. The fourth-order valence-corrected chi connectivity index (χ4v) is 2.49. The zero-order valence-electron chi connectivity index (χ0n) is 11.1. The number of nitrogens with zero attached hydrogens (tertiary/aromatic N) is 2. The van der Waals surface area contributed by atoms with E-state index in [1.54, 1.807) is 0 Å². The second-order valence-corrected chi connectivity index (χ2v) is 5.05. The molecule has 16 heavy (non-hydrogen) atoms. The Hall–Kier alpha value is -0.120. The number of unbranched alkanes of at least 4 members (excludes halogenated alkanes) is 3. The van der Waals surface area contributed by atoms with Gasteiger partial charge in [-0.2, -0.15) is 0 Å². The summed E-state index contributed by atoms with van der Waals surface area (Å²) in [4.78, 5) is 5.14. The summed E-state index contributed by atoms with van der Waals surface area (Å²) in [5.41, 5.74) is 5.49. The normalized spacial score (nSPS) is 23.8. The first-order valence-corrected chi connectivity index (χ1v) is 6.90. The molecule has 96 valence electrons. The summed E-state index contributed by atoms with van der Waals surface area (Å²) >= 11 is 0. The van der Waals surface area contributed by atoms with Crippen molar-refractivity contribution in [3.05, 3.63) is 0 Å². The molecular weight excluding hydrogens is 198 g/mol. The van der Waals surface area contributed by atoms with E-state index in [4.69, 9.17) is 5.73 Å². The van der Waals surface area contributed by atoms with E-state index in [1.165, 1.54) is 58.3 Å². The smallest absolute Gasteiger partial charge is 0.0218 e. The summed E-state index contributed by atoms with van der Waals surface area (Å²) < 4.78 is 0. The number of rotatable bonds is 7. The van der Waals surface area contributed by atoms with Crippen LogP contribution >= 0.6 is 0 Å². The Morgan fingerprint density at radius 1 is 1.12 bits per heavy atom. The van der Waals surface area contributed by atoms with E-state index in [0.29, 0.717) is 0 Å². The van der Waals surface area contributed by atoms with E-state index in [2.05, 4.69) is 23.8 Å². The van der Waals surface area contributed by atoms with Gasteiger partial charge in [0.05, 0.1) is 0 Å². The lowest BCUT2D eigenvalue weighted by Gasteiger charge is -2.39. The van der Waals surface area contributed by atoms with Crippen LogP contribution in [0.25, 0.3) is 0 Å². The Balaban J connectivity index is 2.08. The van der Waals surface area contributed by atoms with Crippen molar-refractivity contribution in [2.75, 3.05) is 39.8 Å². The SMILES string of the molecule is CCC1CN(CCCCCCN)CCN1C. The van der Waals surface area contributed by atoms with Gasteiger partial charge in [-0.25, -0.2) is 0 Å². The molecule has 1 rings (SSSR count). The van der Waals surface area contributed by atoms with E-state index < -0.39 is 0 Å². The van der Waals surface area contributed by atoms with Crippen molar-refractivity contribution in [1.82, 2.24) is 9.80 Å². The number of likely N-dealkylation sites (N-methyl/N-ethyl adjacent to an activating group) is 1. The summed E-state index contributed by atoms with van der Waals surface area (Å²) in [5.74, 6) is 0. The first-order valence-electron chi connectivity index (χ1n) is 6.90. The molecule has 1 saturated heterocycles. The number of hydrogen-bond acceptors (Lipinski definition) is 3. The maximum Gasteiger partial charge on any atom is 0.0218 e. The van der Waals surface area contributed by atoms with Gasteiger partial charge in [0.2, 0.25) is 0 Å². The molecule has 0 spiro atoms. The highest BCUT2D eigenvalue weighted by molar-refractivity contribution is 4.78. The molecule has 0 aromatic heterocycles. The van der Waals surface area contributed by atoms with Crippen LogP contribution in [-0.2, 0) is 0 Å². The molecule has 0 aromatic carbocycles. The van der Waals surface area contributed by atoms with Crippen molar-refractivity contribution in [2.45, 2.75) is 45.1 Å². The van der Waals surface area contributed by atoms with Crippen LogP contribution in [0.4, 0.5) is 0 Å². The second kappa shape index (κ2) is 8.04. The third-order valence-corrected chi connectivity index (χ3v) is 3.76. The van der Waals surface area contributed by atoms with Crippen molar-refractivity contribution < 1.29 is 0 Å². The number of piperazine rings is 1. The zero-order chi connectivity index (χ0) is 11.8. The topological polar surface area (TPSA) is 32.5 Å². The van der Waals surface area contributed by atoms with Crippen LogP contribution in [0.5, 0.6) is 0 Å². The Morgan fingerprint density at radius 3 is 2.56 bits per heavy atom. The predicted octanol–water partition coefficient (Wildman–Crippen LogP) is 1.53. The van der Waals surface area contributed by atoms with Gasteiger partial charge in [0, 0.05) is 25.7 Å². The molecule has 3 heteroatoms. The fourth-order valence-electron chi connectivity index (χ4n) is 2.49. The molecule has 1 aliphatic rings.